The molecule has 2 bridgehead atoms. The molecule has 4 N–H and O–H groups in total. The van der Waals surface area contributed by atoms with E-state index >= 15 is 0 Å². The monoisotopic (exact) mass is 588 g/mol. The summed E-state index contributed by atoms with van der Waals surface area (Å²) in [5.74, 6) is -0.566. The van der Waals surface area contributed by atoms with Crippen LogP contribution in [-0.4, -0.2) is 48.6 Å². The van der Waals surface area contributed by atoms with Gasteiger partial charge in [0.2, 0.25) is 11.8 Å². The van der Waals surface area contributed by atoms with Gasteiger partial charge in [0, 0.05) is 28.8 Å². The number of para-hydroxylation sites is 2. The molecule has 3 aromatic carbocycles. The van der Waals surface area contributed by atoms with Gasteiger partial charge < -0.3 is 21.1 Å². The number of likely N-dealkylation sites (tertiary alicyclic amines) is 1. The Morgan fingerprint density at radius 1 is 1.05 bits per heavy atom. The Labute approximate surface area is 237 Å². The summed E-state index contributed by atoms with van der Waals surface area (Å²) in [6.45, 7) is 2.78. The normalized spacial score (nSPS) is 19.3. The van der Waals surface area contributed by atoms with Crippen LogP contribution >= 0.6 is 15.9 Å². The second-order valence-electron chi connectivity index (χ2n) is 10.1. The minimum atomic E-state index is -0.285. The smallest absolute Gasteiger partial charge is 0.248 e. The number of nitrogens with two attached hydrogens (primary N) is 1. The van der Waals surface area contributed by atoms with Gasteiger partial charge in [-0.1, -0.05) is 52.3 Å². The number of morpholine rings is 1. The molecule has 2 aliphatic heterocycles. The van der Waals surface area contributed by atoms with Gasteiger partial charge in [-0.2, -0.15) is 0 Å². The minimum absolute atomic E-state index is 0.0216. The summed E-state index contributed by atoms with van der Waals surface area (Å²) in [5, 5.41) is 5.87. The van der Waals surface area contributed by atoms with Crippen LogP contribution in [0.1, 0.15) is 36.3 Å². The standard InChI is InChI=1S/C31H33BrN4O3/c32-23-12-14-24(15-13-23)34-31(38)27(4-3-17-36-19-26-18-25(36)20-39-26)22-10-7-21(8-11-22)9-16-30(37)35-29-6-2-1-5-28(29)33/h1-2,5-16,25-27H,3-4,17-20,33H2,(H,34,38)(H,35,37)/t25-,26-,27?/m0/s1. The van der Waals surface area contributed by atoms with E-state index in [0.29, 0.717) is 23.5 Å². The van der Waals surface area contributed by atoms with E-state index < -0.39 is 0 Å². The van der Waals surface area contributed by atoms with Crippen molar-refractivity contribution in [3.8, 4) is 0 Å². The van der Waals surface area contributed by atoms with E-state index in [1.165, 1.54) is 6.08 Å². The lowest BCUT2D eigenvalue weighted by Crippen LogP contribution is -2.37. The van der Waals surface area contributed by atoms with Crippen LogP contribution in [0.4, 0.5) is 17.1 Å². The number of ether oxygens (including phenoxy) is 1. The predicted molar refractivity (Wildman–Crippen MR) is 159 cm³/mol. The highest BCUT2D eigenvalue weighted by molar-refractivity contribution is 9.10. The van der Waals surface area contributed by atoms with Gasteiger partial charge in [0.1, 0.15) is 0 Å². The molecule has 2 aliphatic rings. The summed E-state index contributed by atoms with van der Waals surface area (Å²) in [4.78, 5) is 28.3. The van der Waals surface area contributed by atoms with Crippen molar-refractivity contribution in [1.29, 1.82) is 0 Å². The van der Waals surface area contributed by atoms with E-state index in [4.69, 9.17) is 10.5 Å². The molecule has 0 aromatic heterocycles. The van der Waals surface area contributed by atoms with Gasteiger partial charge in [0.05, 0.1) is 30.0 Å². The second-order valence-corrected chi connectivity index (χ2v) is 11.0. The van der Waals surface area contributed by atoms with Crippen LogP contribution in [0, 0.1) is 0 Å². The lowest BCUT2D eigenvalue weighted by atomic mass is 9.92. The number of halogens is 1. The number of benzene rings is 3. The average molecular weight is 590 g/mol. The van der Waals surface area contributed by atoms with Crippen LogP contribution in [0.5, 0.6) is 0 Å². The first-order chi connectivity index (χ1) is 18.9. The van der Waals surface area contributed by atoms with Gasteiger partial charge >= 0.3 is 0 Å². The van der Waals surface area contributed by atoms with Crippen molar-refractivity contribution < 1.29 is 14.3 Å². The summed E-state index contributed by atoms with van der Waals surface area (Å²) in [7, 11) is 0. The number of amides is 2. The zero-order chi connectivity index (χ0) is 27.2. The van der Waals surface area contributed by atoms with Gasteiger partial charge in [-0.3, -0.25) is 14.5 Å². The Kier molecular flexibility index (Phi) is 8.76. The first-order valence-corrected chi connectivity index (χ1v) is 14.1. The van der Waals surface area contributed by atoms with Crippen LogP contribution in [0.3, 0.4) is 0 Å². The molecule has 0 saturated carbocycles. The van der Waals surface area contributed by atoms with Crippen molar-refractivity contribution in [3.05, 3.63) is 94.5 Å². The topological polar surface area (TPSA) is 96.7 Å². The number of hydrogen-bond acceptors (Lipinski definition) is 5. The maximum Gasteiger partial charge on any atom is 0.248 e. The fourth-order valence-electron chi connectivity index (χ4n) is 5.26. The quantitative estimate of drug-likeness (QED) is 0.210. The van der Waals surface area contributed by atoms with E-state index in [2.05, 4.69) is 31.5 Å². The number of fused-ring (bicyclic) bond motifs is 2. The highest BCUT2D eigenvalue weighted by Crippen LogP contribution is 2.30. The molecule has 3 atom stereocenters. The van der Waals surface area contributed by atoms with Gasteiger partial charge in [-0.05, 0) is 79.4 Å². The lowest BCUT2D eigenvalue weighted by molar-refractivity contribution is -0.117. The summed E-state index contributed by atoms with van der Waals surface area (Å²) in [5.41, 5.74) is 9.59. The lowest BCUT2D eigenvalue weighted by Gasteiger charge is -2.27. The van der Waals surface area contributed by atoms with Gasteiger partial charge in [-0.15, -0.1) is 0 Å². The number of anilines is 3. The third-order valence-electron chi connectivity index (χ3n) is 7.36. The Bertz CT molecular complexity index is 1330. The Balaban J connectivity index is 1.24. The molecule has 2 heterocycles. The largest absolute Gasteiger partial charge is 0.397 e. The molecule has 202 valence electrons. The third kappa shape index (κ3) is 7.15. The van der Waals surface area contributed by atoms with E-state index in [-0.39, 0.29) is 17.7 Å². The third-order valence-corrected chi connectivity index (χ3v) is 7.89. The summed E-state index contributed by atoms with van der Waals surface area (Å²) in [6.07, 6.45) is 6.39. The molecule has 2 saturated heterocycles. The van der Waals surface area contributed by atoms with Crippen molar-refractivity contribution in [1.82, 2.24) is 4.90 Å². The van der Waals surface area contributed by atoms with Gasteiger partial charge in [0.15, 0.2) is 0 Å². The summed E-state index contributed by atoms with van der Waals surface area (Å²) in [6, 6.07) is 23.1. The molecule has 1 unspecified atom stereocenters. The van der Waals surface area contributed by atoms with Crippen molar-refractivity contribution in [2.45, 2.75) is 37.3 Å². The van der Waals surface area contributed by atoms with Crippen molar-refractivity contribution in [2.24, 2.45) is 0 Å². The summed E-state index contributed by atoms with van der Waals surface area (Å²) >= 11 is 3.44. The fraction of sp³-hybridized carbons (Fsp3) is 0.290. The van der Waals surface area contributed by atoms with Crippen LogP contribution in [0.25, 0.3) is 6.08 Å². The fourth-order valence-corrected chi connectivity index (χ4v) is 5.52. The average Bonchev–Trinajstić information content (AvgIpc) is 3.57. The zero-order valence-corrected chi connectivity index (χ0v) is 23.3. The van der Waals surface area contributed by atoms with E-state index in [1.54, 1.807) is 18.2 Å². The number of carbonyl (C=O) groups is 2. The predicted octanol–water partition coefficient (Wildman–Crippen LogP) is 5.66. The Morgan fingerprint density at radius 3 is 2.51 bits per heavy atom. The highest BCUT2D eigenvalue weighted by atomic mass is 79.9. The molecular weight excluding hydrogens is 556 g/mol. The maximum atomic E-state index is 13.4. The molecule has 5 rings (SSSR count). The molecule has 0 spiro atoms. The Hall–Kier alpha value is -3.46. The number of hydrogen-bond donors (Lipinski definition) is 3. The van der Waals surface area contributed by atoms with Crippen LogP contribution in [0.2, 0.25) is 0 Å². The second kappa shape index (κ2) is 12.6. The van der Waals surface area contributed by atoms with E-state index in [9.17, 15) is 9.59 Å². The highest BCUT2D eigenvalue weighted by Gasteiger charge is 2.38. The Morgan fingerprint density at radius 2 is 1.82 bits per heavy atom. The minimum Gasteiger partial charge on any atom is -0.397 e. The number of nitrogens with zero attached hydrogens (tertiary/aromatic N) is 1. The molecule has 2 amide bonds. The molecule has 2 fully saturated rings. The van der Waals surface area contributed by atoms with Crippen molar-refractivity contribution in [2.75, 3.05) is 36.1 Å². The number of nitrogen functional groups attached to an aromatic ring is 1. The molecule has 8 heteroatoms. The molecule has 3 aromatic rings. The number of rotatable bonds is 10. The van der Waals surface area contributed by atoms with Gasteiger partial charge in [0.25, 0.3) is 0 Å². The van der Waals surface area contributed by atoms with Crippen LogP contribution in [0.15, 0.2) is 83.3 Å². The zero-order valence-electron chi connectivity index (χ0n) is 21.7. The molecule has 7 nitrogen and oxygen atoms in total. The molecule has 39 heavy (non-hydrogen) atoms. The summed E-state index contributed by atoms with van der Waals surface area (Å²) < 4.78 is 6.69. The maximum absolute atomic E-state index is 13.4. The molecular formula is C31H33BrN4O3. The molecule has 0 radical (unpaired) electrons. The molecule has 0 aliphatic carbocycles. The van der Waals surface area contributed by atoms with Gasteiger partial charge in [-0.25, -0.2) is 0 Å². The van der Waals surface area contributed by atoms with Crippen LogP contribution < -0.4 is 16.4 Å². The van der Waals surface area contributed by atoms with Crippen molar-refractivity contribution in [3.63, 3.8) is 0 Å². The SMILES string of the molecule is Nc1ccccc1NC(=O)C=Cc1ccc(C(CCCN2C[C@@H]3C[C@H]2CO3)C(=O)Nc2ccc(Br)cc2)cc1. The van der Waals surface area contributed by atoms with Crippen LogP contribution in [-0.2, 0) is 14.3 Å². The number of carbonyl (C=O) groups excluding carboxylic acids is 2. The van der Waals surface area contributed by atoms with E-state index in [1.807, 2.05) is 60.7 Å². The van der Waals surface area contributed by atoms with Crippen molar-refractivity contribution >= 4 is 50.9 Å². The van der Waals surface area contributed by atoms with E-state index in [0.717, 1.165) is 60.2 Å². The first-order valence-electron chi connectivity index (χ1n) is 13.3. The first kappa shape index (κ1) is 27.1. The number of nitrogens with one attached hydrogen (secondary N) is 2.